The Morgan fingerprint density at radius 2 is 2.07 bits per heavy atom. The highest BCUT2D eigenvalue weighted by Gasteiger charge is 2.31. The zero-order valence-corrected chi connectivity index (χ0v) is 17.1. The lowest BCUT2D eigenvalue weighted by Crippen LogP contribution is -2.14. The first-order valence-corrected chi connectivity index (χ1v) is 11.4. The molecule has 0 spiro atoms. The van der Waals surface area contributed by atoms with Gasteiger partial charge in [-0.3, -0.25) is 4.68 Å². The number of sulfone groups is 1. The summed E-state index contributed by atoms with van der Waals surface area (Å²) in [6.45, 7) is 3.86. The van der Waals surface area contributed by atoms with Crippen molar-refractivity contribution in [2.24, 2.45) is 17.3 Å². The molecule has 27 heavy (non-hydrogen) atoms. The quantitative estimate of drug-likeness (QED) is 0.497. The molecule has 1 aliphatic heterocycles. The summed E-state index contributed by atoms with van der Waals surface area (Å²) in [7, 11) is -0.974. The summed E-state index contributed by atoms with van der Waals surface area (Å²) in [5, 5.41) is 13.2. The second-order valence-corrected chi connectivity index (χ2v) is 10.1. The number of nitrogens with zero attached hydrogens (tertiary/aromatic N) is 5. The molecule has 0 aliphatic carbocycles. The highest BCUT2D eigenvalue weighted by molar-refractivity contribution is 7.91. The molecule has 1 aliphatic rings. The van der Waals surface area contributed by atoms with E-state index < -0.39 is 9.84 Å². The van der Waals surface area contributed by atoms with Gasteiger partial charge in [0.05, 0.1) is 39.7 Å². The summed E-state index contributed by atoms with van der Waals surface area (Å²) in [5.74, 6) is 0.394. The number of para-hydroxylation sites is 1. The highest BCUT2D eigenvalue weighted by atomic mass is 32.2. The number of aromatic nitrogens is 3. The Kier molecular flexibility index (Phi) is 4.51. The van der Waals surface area contributed by atoms with Crippen LogP contribution in [0.15, 0.2) is 34.5 Å². The van der Waals surface area contributed by atoms with Gasteiger partial charge in [0.1, 0.15) is 0 Å². The van der Waals surface area contributed by atoms with Crippen LogP contribution in [-0.2, 0) is 16.9 Å². The Hall–Kier alpha value is -2.26. The van der Waals surface area contributed by atoms with E-state index in [1.807, 2.05) is 42.3 Å². The second kappa shape index (κ2) is 6.72. The van der Waals surface area contributed by atoms with E-state index in [1.54, 1.807) is 17.6 Å². The largest absolute Gasteiger partial charge is 0.318 e. The first-order valence-electron chi connectivity index (χ1n) is 8.73. The molecule has 7 nitrogen and oxygen atoms in total. The molecule has 0 unspecified atom stereocenters. The van der Waals surface area contributed by atoms with Crippen LogP contribution in [0.2, 0.25) is 0 Å². The van der Waals surface area contributed by atoms with Crippen LogP contribution in [0.1, 0.15) is 29.4 Å². The maximum atomic E-state index is 11.8. The van der Waals surface area contributed by atoms with E-state index in [0.717, 1.165) is 32.0 Å². The van der Waals surface area contributed by atoms with Crippen molar-refractivity contribution >= 4 is 37.6 Å². The molecule has 2 aromatic heterocycles. The van der Waals surface area contributed by atoms with Crippen molar-refractivity contribution in [3.8, 4) is 0 Å². The van der Waals surface area contributed by atoms with Crippen LogP contribution in [0.5, 0.6) is 0 Å². The fraction of sp³-hybridized carbons (Fsp3) is 0.389. The maximum absolute atomic E-state index is 11.8. The number of aryl methyl sites for hydroxylation is 2. The third kappa shape index (κ3) is 3.37. The van der Waals surface area contributed by atoms with Gasteiger partial charge in [-0.25, -0.2) is 8.42 Å². The van der Waals surface area contributed by atoms with E-state index in [9.17, 15) is 8.42 Å². The Morgan fingerprint density at radius 1 is 1.30 bits per heavy atom. The van der Waals surface area contributed by atoms with Crippen molar-refractivity contribution in [1.82, 2.24) is 14.3 Å². The van der Waals surface area contributed by atoms with Crippen molar-refractivity contribution in [3.05, 3.63) is 46.0 Å². The SMILES string of the molecule is Cc1nn([C@H]2CCS(=O)(=O)C2)c(C)c1/C=N\N=c1\sc2ccccc2n1C. The lowest BCUT2D eigenvalue weighted by atomic mass is 10.2. The van der Waals surface area contributed by atoms with Crippen LogP contribution in [-0.4, -0.2) is 40.5 Å². The van der Waals surface area contributed by atoms with Gasteiger partial charge in [-0.1, -0.05) is 23.5 Å². The van der Waals surface area contributed by atoms with Gasteiger partial charge in [-0.05, 0) is 32.4 Å². The minimum absolute atomic E-state index is 0.0896. The van der Waals surface area contributed by atoms with E-state index in [0.29, 0.717) is 6.42 Å². The van der Waals surface area contributed by atoms with Gasteiger partial charge < -0.3 is 4.57 Å². The van der Waals surface area contributed by atoms with E-state index in [2.05, 4.69) is 27.4 Å². The van der Waals surface area contributed by atoms with Crippen LogP contribution in [0.25, 0.3) is 10.2 Å². The predicted molar refractivity (Wildman–Crippen MR) is 108 cm³/mol. The molecule has 0 N–H and O–H groups in total. The van der Waals surface area contributed by atoms with Crippen molar-refractivity contribution in [3.63, 3.8) is 0 Å². The summed E-state index contributed by atoms with van der Waals surface area (Å²) in [4.78, 5) is 0.817. The third-order valence-electron chi connectivity index (χ3n) is 4.98. The van der Waals surface area contributed by atoms with Crippen LogP contribution in [0, 0.1) is 13.8 Å². The molecule has 3 heterocycles. The van der Waals surface area contributed by atoms with Gasteiger partial charge in [-0.2, -0.15) is 10.2 Å². The van der Waals surface area contributed by atoms with E-state index in [1.165, 1.54) is 0 Å². The number of fused-ring (bicyclic) bond motifs is 1. The highest BCUT2D eigenvalue weighted by Crippen LogP contribution is 2.26. The van der Waals surface area contributed by atoms with Gasteiger partial charge in [0.2, 0.25) is 4.80 Å². The Labute approximate surface area is 161 Å². The molecule has 1 fully saturated rings. The monoisotopic (exact) mass is 403 g/mol. The van der Waals surface area contributed by atoms with Gasteiger partial charge in [0.15, 0.2) is 9.84 Å². The van der Waals surface area contributed by atoms with Crippen LogP contribution in [0.4, 0.5) is 0 Å². The van der Waals surface area contributed by atoms with Crippen LogP contribution >= 0.6 is 11.3 Å². The summed E-state index contributed by atoms with van der Waals surface area (Å²) < 4.78 is 28.6. The first-order chi connectivity index (χ1) is 12.9. The van der Waals surface area contributed by atoms with Gasteiger partial charge in [0.25, 0.3) is 0 Å². The number of hydrogen-bond acceptors (Lipinski definition) is 6. The van der Waals surface area contributed by atoms with E-state index in [-0.39, 0.29) is 17.5 Å². The fourth-order valence-electron chi connectivity index (χ4n) is 3.50. The average Bonchev–Trinajstić information content (AvgIpc) is 3.24. The number of hydrogen-bond donors (Lipinski definition) is 0. The molecule has 4 rings (SSSR count). The second-order valence-electron chi connectivity index (χ2n) is 6.84. The van der Waals surface area contributed by atoms with Crippen molar-refractivity contribution in [2.45, 2.75) is 26.3 Å². The minimum atomic E-state index is -2.95. The zero-order chi connectivity index (χ0) is 19.2. The van der Waals surface area contributed by atoms with E-state index in [4.69, 9.17) is 0 Å². The van der Waals surface area contributed by atoms with Crippen molar-refractivity contribution in [2.75, 3.05) is 11.5 Å². The minimum Gasteiger partial charge on any atom is -0.318 e. The first kappa shape index (κ1) is 18.1. The molecule has 142 valence electrons. The molecule has 0 bridgehead atoms. The Balaban J connectivity index is 1.65. The standard InChI is InChI=1S/C18H21N5O2S2/c1-12-15(13(2)23(21-12)14-8-9-27(24,25)11-14)10-19-20-18-22(3)16-6-4-5-7-17(16)26-18/h4-7,10,14H,8-9,11H2,1-3H3/b19-10-,20-18+/t14-/m0/s1. The molecule has 0 amide bonds. The van der Waals surface area contributed by atoms with Crippen molar-refractivity contribution < 1.29 is 8.42 Å². The van der Waals surface area contributed by atoms with Crippen molar-refractivity contribution in [1.29, 1.82) is 0 Å². The maximum Gasteiger partial charge on any atom is 0.211 e. The lowest BCUT2D eigenvalue weighted by Gasteiger charge is -2.10. The van der Waals surface area contributed by atoms with Crippen LogP contribution < -0.4 is 4.80 Å². The molecule has 1 atom stereocenters. The molecule has 0 saturated carbocycles. The molecule has 0 radical (unpaired) electrons. The summed E-state index contributed by atoms with van der Waals surface area (Å²) in [6.07, 6.45) is 2.32. The molecule has 9 heteroatoms. The smallest absolute Gasteiger partial charge is 0.211 e. The summed E-state index contributed by atoms with van der Waals surface area (Å²) in [6, 6.07) is 8.05. The molecule has 3 aromatic rings. The average molecular weight is 404 g/mol. The van der Waals surface area contributed by atoms with Gasteiger partial charge >= 0.3 is 0 Å². The topological polar surface area (TPSA) is 81.6 Å². The van der Waals surface area contributed by atoms with Crippen LogP contribution in [0.3, 0.4) is 0 Å². The summed E-state index contributed by atoms with van der Waals surface area (Å²) >= 11 is 1.59. The Bertz CT molecular complexity index is 1210. The lowest BCUT2D eigenvalue weighted by molar-refractivity contribution is 0.486. The normalized spacial score (nSPS) is 20.3. The Morgan fingerprint density at radius 3 is 2.78 bits per heavy atom. The van der Waals surface area contributed by atoms with Gasteiger partial charge in [-0.15, -0.1) is 5.10 Å². The van der Waals surface area contributed by atoms with E-state index >= 15 is 0 Å². The van der Waals surface area contributed by atoms with Gasteiger partial charge in [0, 0.05) is 18.3 Å². The number of thiazole rings is 1. The molecule has 1 saturated heterocycles. The predicted octanol–water partition coefficient (Wildman–Crippen LogP) is 2.35. The number of rotatable bonds is 3. The number of benzene rings is 1. The molecular formula is C18H21N5O2S2. The third-order valence-corrected chi connectivity index (χ3v) is 7.83. The summed E-state index contributed by atoms with van der Waals surface area (Å²) in [5.41, 5.74) is 3.77. The molecule has 1 aromatic carbocycles. The fourth-order valence-corrected chi connectivity index (χ4v) is 6.17. The molecular weight excluding hydrogens is 382 g/mol. The zero-order valence-electron chi connectivity index (χ0n) is 15.5.